The van der Waals surface area contributed by atoms with Gasteiger partial charge in [-0.3, -0.25) is 9.69 Å². The number of aliphatic carboxylic acids is 1. The van der Waals surface area contributed by atoms with Gasteiger partial charge in [0.1, 0.15) is 6.04 Å². The zero-order valence-electron chi connectivity index (χ0n) is 9.40. The number of carboxylic acids is 1. The first-order valence-electron chi connectivity index (χ1n) is 5.28. The van der Waals surface area contributed by atoms with Crippen molar-refractivity contribution >= 4 is 23.2 Å². The Balaban J connectivity index is 4.50. The molecule has 0 aromatic rings. The van der Waals surface area contributed by atoms with E-state index in [1.165, 1.54) is 0 Å². The van der Waals surface area contributed by atoms with Crippen LogP contribution in [0, 0.1) is 0 Å². The SMILES string of the molecule is CCCC(C(=O)O)N(CCC)CC(N)=S. The van der Waals surface area contributed by atoms with Gasteiger partial charge >= 0.3 is 5.97 Å². The second-order valence-corrected chi connectivity index (χ2v) is 4.10. The first-order chi connectivity index (χ1) is 7.02. The predicted molar refractivity (Wildman–Crippen MR) is 65.0 cm³/mol. The lowest BCUT2D eigenvalue weighted by Gasteiger charge is -2.27. The Kier molecular flexibility index (Phi) is 7.25. The summed E-state index contributed by atoms with van der Waals surface area (Å²) in [5, 5.41) is 9.09. The molecular weight excluding hydrogens is 212 g/mol. The van der Waals surface area contributed by atoms with Gasteiger partial charge in [-0.25, -0.2) is 0 Å². The third kappa shape index (κ3) is 5.69. The average molecular weight is 232 g/mol. The minimum absolute atomic E-state index is 0.353. The summed E-state index contributed by atoms with van der Waals surface area (Å²) in [5.74, 6) is -0.790. The molecule has 0 radical (unpaired) electrons. The van der Waals surface area contributed by atoms with Gasteiger partial charge in [-0.2, -0.15) is 0 Å². The van der Waals surface area contributed by atoms with Crippen LogP contribution in [0.3, 0.4) is 0 Å². The van der Waals surface area contributed by atoms with Crippen LogP contribution in [0.2, 0.25) is 0 Å². The van der Waals surface area contributed by atoms with Gasteiger partial charge in [0.25, 0.3) is 0 Å². The van der Waals surface area contributed by atoms with Gasteiger partial charge in [-0.15, -0.1) is 0 Å². The van der Waals surface area contributed by atoms with Gasteiger partial charge < -0.3 is 10.8 Å². The smallest absolute Gasteiger partial charge is 0.320 e. The molecule has 0 aromatic heterocycles. The van der Waals surface area contributed by atoms with E-state index in [4.69, 9.17) is 23.1 Å². The highest BCUT2D eigenvalue weighted by Crippen LogP contribution is 2.08. The van der Waals surface area contributed by atoms with Crippen molar-refractivity contribution in [3.63, 3.8) is 0 Å². The van der Waals surface area contributed by atoms with E-state index in [0.717, 1.165) is 12.8 Å². The Morgan fingerprint density at radius 1 is 1.47 bits per heavy atom. The van der Waals surface area contributed by atoms with Crippen LogP contribution in [-0.4, -0.2) is 40.1 Å². The van der Waals surface area contributed by atoms with Crippen molar-refractivity contribution in [3.05, 3.63) is 0 Å². The average Bonchev–Trinajstić information content (AvgIpc) is 2.12. The van der Waals surface area contributed by atoms with E-state index in [0.29, 0.717) is 24.5 Å². The van der Waals surface area contributed by atoms with Crippen LogP contribution >= 0.6 is 12.2 Å². The molecule has 88 valence electrons. The monoisotopic (exact) mass is 232 g/mol. The van der Waals surface area contributed by atoms with Crippen molar-refractivity contribution in [2.45, 2.75) is 39.2 Å². The summed E-state index contributed by atoms with van der Waals surface area (Å²) in [6.07, 6.45) is 2.38. The molecule has 0 aliphatic rings. The maximum Gasteiger partial charge on any atom is 0.320 e. The van der Waals surface area contributed by atoms with Crippen LogP contribution in [-0.2, 0) is 4.79 Å². The van der Waals surface area contributed by atoms with Crippen LogP contribution in [0.15, 0.2) is 0 Å². The fourth-order valence-corrected chi connectivity index (χ4v) is 1.73. The molecule has 0 saturated carbocycles. The molecule has 15 heavy (non-hydrogen) atoms. The number of nitrogens with zero attached hydrogens (tertiary/aromatic N) is 1. The van der Waals surface area contributed by atoms with Crippen molar-refractivity contribution in [1.82, 2.24) is 4.90 Å². The number of hydrogen-bond donors (Lipinski definition) is 2. The highest BCUT2D eigenvalue weighted by atomic mass is 32.1. The topological polar surface area (TPSA) is 66.6 Å². The Labute approximate surface area is 96.4 Å². The van der Waals surface area contributed by atoms with Crippen LogP contribution in [0.25, 0.3) is 0 Å². The van der Waals surface area contributed by atoms with Gasteiger partial charge in [0.2, 0.25) is 0 Å². The number of carboxylic acid groups (broad SMARTS) is 1. The molecule has 0 spiro atoms. The maximum absolute atomic E-state index is 11.1. The van der Waals surface area contributed by atoms with E-state index in [2.05, 4.69) is 0 Å². The fraction of sp³-hybridized carbons (Fsp3) is 0.800. The lowest BCUT2D eigenvalue weighted by Crippen LogP contribution is -2.45. The van der Waals surface area contributed by atoms with E-state index < -0.39 is 12.0 Å². The molecule has 0 aliphatic carbocycles. The van der Waals surface area contributed by atoms with Gasteiger partial charge in [0, 0.05) is 6.54 Å². The first-order valence-corrected chi connectivity index (χ1v) is 5.68. The number of rotatable bonds is 8. The molecule has 0 fully saturated rings. The Bertz CT molecular complexity index is 221. The van der Waals surface area contributed by atoms with Crippen LogP contribution in [0.5, 0.6) is 0 Å². The van der Waals surface area contributed by atoms with Crippen molar-refractivity contribution in [2.75, 3.05) is 13.1 Å². The zero-order chi connectivity index (χ0) is 11.8. The van der Waals surface area contributed by atoms with Crippen molar-refractivity contribution in [1.29, 1.82) is 0 Å². The highest BCUT2D eigenvalue weighted by molar-refractivity contribution is 7.80. The molecule has 0 rings (SSSR count). The summed E-state index contributed by atoms with van der Waals surface area (Å²) in [5.41, 5.74) is 5.45. The Hall–Kier alpha value is -0.680. The van der Waals surface area contributed by atoms with Gasteiger partial charge in [-0.1, -0.05) is 32.5 Å². The molecule has 0 aromatic carbocycles. The van der Waals surface area contributed by atoms with E-state index in [-0.39, 0.29) is 0 Å². The number of nitrogens with two attached hydrogens (primary N) is 1. The summed E-state index contributed by atoms with van der Waals surface area (Å²) < 4.78 is 0. The van der Waals surface area contributed by atoms with Gasteiger partial charge in [0.15, 0.2) is 0 Å². The van der Waals surface area contributed by atoms with E-state index in [1.807, 2.05) is 18.7 Å². The van der Waals surface area contributed by atoms with E-state index in [9.17, 15) is 4.79 Å². The second-order valence-electron chi connectivity index (χ2n) is 3.58. The summed E-state index contributed by atoms with van der Waals surface area (Å²) in [6, 6.07) is -0.462. The van der Waals surface area contributed by atoms with Crippen molar-refractivity contribution in [2.24, 2.45) is 5.73 Å². The molecule has 0 aliphatic heterocycles. The van der Waals surface area contributed by atoms with Crippen molar-refractivity contribution in [3.8, 4) is 0 Å². The summed E-state index contributed by atoms with van der Waals surface area (Å²) in [7, 11) is 0. The second kappa shape index (κ2) is 7.59. The quantitative estimate of drug-likeness (QED) is 0.616. The molecule has 1 unspecified atom stereocenters. The Morgan fingerprint density at radius 2 is 2.07 bits per heavy atom. The molecule has 4 nitrogen and oxygen atoms in total. The minimum atomic E-state index is -0.790. The highest BCUT2D eigenvalue weighted by Gasteiger charge is 2.24. The first kappa shape index (κ1) is 14.3. The summed E-state index contributed by atoms with van der Waals surface area (Å²) in [6.45, 7) is 5.09. The molecule has 1 atom stereocenters. The lowest BCUT2D eigenvalue weighted by molar-refractivity contribution is -0.143. The third-order valence-electron chi connectivity index (χ3n) is 2.16. The fourth-order valence-electron chi connectivity index (χ4n) is 1.57. The lowest BCUT2D eigenvalue weighted by atomic mass is 10.1. The maximum atomic E-state index is 11.1. The van der Waals surface area contributed by atoms with Gasteiger partial charge in [-0.05, 0) is 19.4 Å². The third-order valence-corrected chi connectivity index (χ3v) is 2.29. The molecule has 0 saturated heterocycles. The van der Waals surface area contributed by atoms with Crippen LogP contribution in [0.1, 0.15) is 33.1 Å². The normalized spacial score (nSPS) is 12.7. The Morgan fingerprint density at radius 3 is 2.40 bits per heavy atom. The summed E-state index contributed by atoms with van der Waals surface area (Å²) >= 11 is 4.82. The largest absolute Gasteiger partial charge is 0.480 e. The molecule has 5 heteroatoms. The minimum Gasteiger partial charge on any atom is -0.480 e. The van der Waals surface area contributed by atoms with Crippen LogP contribution in [0.4, 0.5) is 0 Å². The number of thiocarbonyl (C=S) groups is 1. The molecule has 3 N–H and O–H groups in total. The van der Waals surface area contributed by atoms with Crippen molar-refractivity contribution < 1.29 is 9.90 Å². The molecular formula is C10H20N2O2S. The molecule has 0 heterocycles. The van der Waals surface area contributed by atoms with E-state index in [1.54, 1.807) is 0 Å². The standard InChI is InChI=1S/C10H20N2O2S/c1-3-5-8(10(13)14)12(6-4-2)7-9(11)15/h8H,3-7H2,1-2H3,(H2,11,15)(H,13,14). The molecule has 0 bridgehead atoms. The number of carbonyl (C=O) groups is 1. The zero-order valence-corrected chi connectivity index (χ0v) is 10.2. The number of hydrogen-bond acceptors (Lipinski definition) is 3. The molecule has 0 amide bonds. The van der Waals surface area contributed by atoms with Crippen LogP contribution < -0.4 is 5.73 Å². The predicted octanol–water partition coefficient (Wildman–Crippen LogP) is 1.24. The van der Waals surface area contributed by atoms with E-state index >= 15 is 0 Å². The van der Waals surface area contributed by atoms with Gasteiger partial charge in [0.05, 0.1) is 4.99 Å². The summed E-state index contributed by atoms with van der Waals surface area (Å²) in [4.78, 5) is 13.3.